The minimum atomic E-state index is -4.68. The number of ether oxygens (including phenoxy) is 1. The zero-order valence-corrected chi connectivity index (χ0v) is 8.94. The van der Waals surface area contributed by atoms with Crippen LogP contribution in [0.5, 0.6) is 0 Å². The van der Waals surface area contributed by atoms with Crippen LogP contribution in [-0.4, -0.2) is 22.5 Å². The van der Waals surface area contributed by atoms with Gasteiger partial charge in [0.15, 0.2) is 0 Å². The molecule has 2 unspecified atom stereocenters. The molecule has 0 saturated heterocycles. The lowest BCUT2D eigenvalue weighted by atomic mass is 10.3. The van der Waals surface area contributed by atoms with Crippen molar-refractivity contribution in [1.29, 1.82) is 0 Å². The normalized spacial score (nSPS) is 22.0. The van der Waals surface area contributed by atoms with Crippen LogP contribution in [0.25, 0.3) is 0 Å². The van der Waals surface area contributed by atoms with E-state index in [1.54, 1.807) is 0 Å². The highest BCUT2D eigenvalue weighted by Gasteiger charge is 2.61. The Morgan fingerprint density at radius 2 is 0.933 bits per heavy atom. The number of hydrogen-bond acceptors (Lipinski definition) is 1. The standard InChI is InChI=1S/C6H6Cl2F6O/c1-3(9,5(7,11)12)15-4(2,10)6(8,13)14/h1-2H3. The Kier molecular flexibility index (Phi) is 3.88. The number of hydrogen-bond donors (Lipinski definition) is 0. The summed E-state index contributed by atoms with van der Waals surface area (Å²) in [6, 6.07) is 0. The maximum absolute atomic E-state index is 12.9. The summed E-state index contributed by atoms with van der Waals surface area (Å²) in [5, 5.41) is -9.36. The van der Waals surface area contributed by atoms with Gasteiger partial charge in [-0.15, -0.1) is 0 Å². The van der Waals surface area contributed by atoms with E-state index in [2.05, 4.69) is 27.9 Å². The molecule has 9 heteroatoms. The molecular weight excluding hydrogens is 273 g/mol. The van der Waals surface area contributed by atoms with Crippen molar-refractivity contribution in [2.45, 2.75) is 36.3 Å². The van der Waals surface area contributed by atoms with Gasteiger partial charge >= 0.3 is 10.8 Å². The van der Waals surface area contributed by atoms with Gasteiger partial charge in [-0.1, -0.05) is 0 Å². The largest absolute Gasteiger partial charge is 0.379 e. The highest BCUT2D eigenvalue weighted by atomic mass is 35.5. The second-order valence-electron chi connectivity index (χ2n) is 2.93. The van der Waals surface area contributed by atoms with Crippen LogP contribution in [0, 0.1) is 0 Å². The van der Waals surface area contributed by atoms with Crippen LogP contribution in [0.1, 0.15) is 13.8 Å². The molecule has 0 radical (unpaired) electrons. The first-order valence-electron chi connectivity index (χ1n) is 3.42. The van der Waals surface area contributed by atoms with E-state index in [9.17, 15) is 26.3 Å². The SMILES string of the molecule is CC(F)(OC(C)(F)C(F)(F)Cl)C(F)(F)Cl. The molecule has 0 amide bonds. The van der Waals surface area contributed by atoms with Gasteiger partial charge in [0.2, 0.25) is 0 Å². The van der Waals surface area contributed by atoms with Crippen molar-refractivity contribution in [3.05, 3.63) is 0 Å². The molecule has 92 valence electrons. The molecule has 0 bridgehead atoms. The molecule has 0 N–H and O–H groups in total. The molecule has 0 heterocycles. The molecule has 0 saturated carbocycles. The fourth-order valence-electron chi connectivity index (χ4n) is 0.476. The van der Waals surface area contributed by atoms with Crippen molar-refractivity contribution >= 4 is 23.2 Å². The fourth-order valence-corrected chi connectivity index (χ4v) is 0.553. The zero-order valence-electron chi connectivity index (χ0n) is 7.43. The van der Waals surface area contributed by atoms with Crippen LogP contribution < -0.4 is 0 Å². The maximum atomic E-state index is 12.9. The molecule has 0 aliphatic carbocycles. The topological polar surface area (TPSA) is 9.23 Å². The first kappa shape index (κ1) is 15.1. The van der Waals surface area contributed by atoms with Crippen molar-refractivity contribution in [2.24, 2.45) is 0 Å². The summed E-state index contributed by atoms with van der Waals surface area (Å²) >= 11 is 8.39. The van der Waals surface area contributed by atoms with Crippen LogP contribution in [0.3, 0.4) is 0 Å². The van der Waals surface area contributed by atoms with Crippen molar-refractivity contribution in [3.8, 4) is 0 Å². The summed E-state index contributed by atoms with van der Waals surface area (Å²) in [6.07, 6.45) is 0. The van der Waals surface area contributed by atoms with E-state index in [1.165, 1.54) is 0 Å². The molecule has 0 fully saturated rings. The molecule has 2 atom stereocenters. The maximum Gasteiger partial charge on any atom is 0.379 e. The highest BCUT2D eigenvalue weighted by molar-refractivity contribution is 6.22. The lowest BCUT2D eigenvalue weighted by Crippen LogP contribution is -2.51. The Bertz CT molecular complexity index is 207. The minimum absolute atomic E-state index is 0.000455. The predicted molar refractivity (Wildman–Crippen MR) is 41.7 cm³/mol. The second kappa shape index (κ2) is 3.85. The molecule has 0 aliphatic rings. The van der Waals surface area contributed by atoms with Gasteiger partial charge in [-0.3, -0.25) is 4.74 Å². The number of alkyl halides is 8. The van der Waals surface area contributed by atoms with E-state index in [-0.39, 0.29) is 13.8 Å². The molecule has 0 spiro atoms. The monoisotopic (exact) mass is 278 g/mol. The number of rotatable bonds is 4. The van der Waals surface area contributed by atoms with Gasteiger partial charge < -0.3 is 0 Å². The summed E-state index contributed by atoms with van der Waals surface area (Å²) in [4.78, 5) is 0. The molecule has 1 nitrogen and oxygen atoms in total. The Hall–Kier alpha value is 0.120. The lowest BCUT2D eigenvalue weighted by molar-refractivity contribution is -0.347. The number of halogens is 8. The second-order valence-corrected chi connectivity index (χ2v) is 3.88. The molecule has 0 aliphatic heterocycles. The van der Waals surface area contributed by atoms with Crippen LogP contribution in [0.4, 0.5) is 26.3 Å². The molecule has 0 aromatic rings. The van der Waals surface area contributed by atoms with E-state index < -0.39 is 22.5 Å². The molecule has 0 rings (SSSR count). The van der Waals surface area contributed by atoms with Crippen molar-refractivity contribution in [3.63, 3.8) is 0 Å². The van der Waals surface area contributed by atoms with Crippen LogP contribution in [-0.2, 0) is 4.74 Å². The molecule has 15 heavy (non-hydrogen) atoms. The van der Waals surface area contributed by atoms with Crippen molar-refractivity contribution in [2.75, 3.05) is 0 Å². The summed E-state index contributed by atoms with van der Waals surface area (Å²) in [5.41, 5.74) is 0. The van der Waals surface area contributed by atoms with Gasteiger partial charge in [-0.25, -0.2) is 8.78 Å². The summed E-state index contributed by atoms with van der Waals surface area (Å²) < 4.78 is 77.9. The van der Waals surface area contributed by atoms with Crippen LogP contribution >= 0.6 is 23.2 Å². The smallest absolute Gasteiger partial charge is 0.297 e. The van der Waals surface area contributed by atoms with Crippen LogP contribution in [0.15, 0.2) is 0 Å². The van der Waals surface area contributed by atoms with Crippen molar-refractivity contribution in [1.82, 2.24) is 0 Å². The highest BCUT2D eigenvalue weighted by Crippen LogP contribution is 2.45. The molecular formula is C6H6Cl2F6O. The van der Waals surface area contributed by atoms with Gasteiger partial charge in [0.1, 0.15) is 0 Å². The third kappa shape index (κ3) is 3.57. The Morgan fingerprint density at radius 3 is 1.07 bits per heavy atom. The molecule has 0 aromatic carbocycles. The fraction of sp³-hybridized carbons (Fsp3) is 1.00. The Morgan fingerprint density at radius 1 is 0.733 bits per heavy atom. The quantitative estimate of drug-likeness (QED) is 0.557. The lowest BCUT2D eigenvalue weighted by Gasteiger charge is -2.33. The van der Waals surface area contributed by atoms with E-state index in [0.29, 0.717) is 0 Å². The first-order valence-corrected chi connectivity index (χ1v) is 4.18. The van der Waals surface area contributed by atoms with Gasteiger partial charge in [-0.05, 0) is 23.2 Å². The van der Waals surface area contributed by atoms with Gasteiger partial charge in [0.05, 0.1) is 0 Å². The van der Waals surface area contributed by atoms with E-state index in [0.717, 1.165) is 0 Å². The zero-order chi connectivity index (χ0) is 12.7. The Labute approximate surface area is 91.3 Å². The summed E-state index contributed by atoms with van der Waals surface area (Å²) in [6.45, 7) is 0.000910. The molecule has 0 aromatic heterocycles. The van der Waals surface area contributed by atoms with E-state index >= 15 is 0 Å². The minimum Gasteiger partial charge on any atom is -0.297 e. The average molecular weight is 279 g/mol. The van der Waals surface area contributed by atoms with Crippen molar-refractivity contribution < 1.29 is 31.1 Å². The van der Waals surface area contributed by atoms with Gasteiger partial charge in [-0.2, -0.15) is 17.6 Å². The van der Waals surface area contributed by atoms with E-state index in [4.69, 9.17) is 0 Å². The van der Waals surface area contributed by atoms with Crippen LogP contribution in [0.2, 0.25) is 0 Å². The average Bonchev–Trinajstić information content (AvgIpc) is 1.77. The third-order valence-electron chi connectivity index (χ3n) is 1.40. The van der Waals surface area contributed by atoms with Gasteiger partial charge in [0, 0.05) is 13.8 Å². The third-order valence-corrected chi connectivity index (χ3v) is 2.07. The summed E-state index contributed by atoms with van der Waals surface area (Å²) in [5.74, 6) is -8.26. The van der Waals surface area contributed by atoms with E-state index in [1.807, 2.05) is 0 Å². The Balaban J connectivity index is 4.89. The predicted octanol–water partition coefficient (Wildman–Crippen LogP) is 4.04. The first-order chi connectivity index (χ1) is 6.21. The summed E-state index contributed by atoms with van der Waals surface area (Å²) in [7, 11) is 0. The van der Waals surface area contributed by atoms with Gasteiger partial charge in [0.25, 0.3) is 11.7 Å².